The predicted octanol–water partition coefficient (Wildman–Crippen LogP) is 5.18. The summed E-state index contributed by atoms with van der Waals surface area (Å²) in [5.74, 6) is -1.37. The molecule has 0 aliphatic rings. The number of anilines is 3. The number of halogens is 2. The van der Waals surface area contributed by atoms with E-state index in [9.17, 15) is 13.6 Å². The number of hydrogen-bond donors (Lipinski definition) is 2. The number of para-hydroxylation sites is 1. The van der Waals surface area contributed by atoms with Gasteiger partial charge < -0.3 is 10.6 Å². The number of rotatable bonds is 5. The van der Waals surface area contributed by atoms with Crippen molar-refractivity contribution in [3.8, 4) is 0 Å². The maximum Gasteiger partial charge on any atom is 0.274 e. The minimum absolute atomic E-state index is 0.163. The molecule has 1 aromatic heterocycles. The van der Waals surface area contributed by atoms with E-state index in [2.05, 4.69) is 20.6 Å². The van der Waals surface area contributed by atoms with Gasteiger partial charge in [0.15, 0.2) is 11.6 Å². The molecule has 3 aromatic rings. The third-order valence-corrected chi connectivity index (χ3v) is 4.09. The Morgan fingerprint density at radius 3 is 2.46 bits per heavy atom. The lowest BCUT2D eigenvalue weighted by molar-refractivity contribution is 0.102. The summed E-state index contributed by atoms with van der Waals surface area (Å²) in [6.07, 6.45) is 0. The summed E-state index contributed by atoms with van der Waals surface area (Å²) in [7, 11) is 0. The number of aromatic nitrogens is 2. The molecule has 0 aliphatic heterocycles. The maximum absolute atomic E-state index is 13.4. The van der Waals surface area contributed by atoms with Crippen molar-refractivity contribution >= 4 is 23.1 Å². The zero-order chi connectivity index (χ0) is 20.3. The molecule has 2 N–H and O–H groups in total. The van der Waals surface area contributed by atoms with E-state index in [4.69, 9.17) is 0 Å². The normalized spacial score (nSPS) is 10.8. The topological polar surface area (TPSA) is 66.9 Å². The van der Waals surface area contributed by atoms with Crippen LogP contribution in [-0.4, -0.2) is 15.9 Å². The zero-order valence-electron chi connectivity index (χ0n) is 15.8. The Morgan fingerprint density at radius 1 is 1.00 bits per heavy atom. The van der Waals surface area contributed by atoms with Crippen LogP contribution in [0, 0.1) is 18.6 Å². The fourth-order valence-corrected chi connectivity index (χ4v) is 2.77. The Balaban J connectivity index is 1.84. The fourth-order valence-electron chi connectivity index (χ4n) is 2.77. The summed E-state index contributed by atoms with van der Waals surface area (Å²) in [4.78, 5) is 21.1. The van der Waals surface area contributed by atoms with E-state index < -0.39 is 11.6 Å². The molecule has 1 amide bonds. The molecule has 0 saturated heterocycles. The van der Waals surface area contributed by atoms with Crippen LogP contribution in [0.4, 0.5) is 26.0 Å². The van der Waals surface area contributed by atoms with Gasteiger partial charge in [-0.05, 0) is 36.6 Å². The van der Waals surface area contributed by atoms with Gasteiger partial charge in [-0.2, -0.15) is 0 Å². The molecule has 28 heavy (non-hydrogen) atoms. The quantitative estimate of drug-likeness (QED) is 0.638. The number of amides is 1. The van der Waals surface area contributed by atoms with Crippen LogP contribution < -0.4 is 10.6 Å². The van der Waals surface area contributed by atoms with Crippen molar-refractivity contribution in [1.82, 2.24) is 9.97 Å². The summed E-state index contributed by atoms with van der Waals surface area (Å²) in [5.41, 5.74) is 2.21. The van der Waals surface area contributed by atoms with Crippen molar-refractivity contribution in [1.29, 1.82) is 0 Å². The lowest BCUT2D eigenvalue weighted by atomic mass is 10.0. The molecular formula is C21H20F2N4O. The molecule has 3 rings (SSSR count). The van der Waals surface area contributed by atoms with E-state index in [0.29, 0.717) is 23.0 Å². The maximum atomic E-state index is 13.4. The van der Waals surface area contributed by atoms with Crippen molar-refractivity contribution in [3.63, 3.8) is 0 Å². The second-order valence-corrected chi connectivity index (χ2v) is 6.64. The summed E-state index contributed by atoms with van der Waals surface area (Å²) in [6, 6.07) is 12.4. The van der Waals surface area contributed by atoms with Gasteiger partial charge in [0, 0.05) is 23.5 Å². The molecule has 144 valence electrons. The first-order valence-electron chi connectivity index (χ1n) is 8.81. The SMILES string of the molecule is Cc1nc(Nc2ccc(F)c(F)c2)cc(C(=O)Nc2ccccc2C(C)C)n1. The third kappa shape index (κ3) is 4.49. The second kappa shape index (κ2) is 8.12. The van der Waals surface area contributed by atoms with Gasteiger partial charge in [-0.25, -0.2) is 18.7 Å². The van der Waals surface area contributed by atoms with Crippen molar-refractivity contribution in [2.75, 3.05) is 10.6 Å². The largest absolute Gasteiger partial charge is 0.340 e. The second-order valence-electron chi connectivity index (χ2n) is 6.64. The molecule has 7 heteroatoms. The molecule has 2 aromatic carbocycles. The Morgan fingerprint density at radius 2 is 1.75 bits per heavy atom. The van der Waals surface area contributed by atoms with Gasteiger partial charge in [-0.15, -0.1) is 0 Å². The third-order valence-electron chi connectivity index (χ3n) is 4.09. The highest BCUT2D eigenvalue weighted by Crippen LogP contribution is 2.24. The molecule has 0 saturated carbocycles. The van der Waals surface area contributed by atoms with Gasteiger partial charge in [-0.1, -0.05) is 32.0 Å². The Bertz CT molecular complexity index is 1020. The van der Waals surface area contributed by atoms with E-state index in [-0.39, 0.29) is 17.5 Å². The van der Waals surface area contributed by atoms with Crippen molar-refractivity contribution < 1.29 is 13.6 Å². The van der Waals surface area contributed by atoms with Gasteiger partial charge in [0.25, 0.3) is 5.91 Å². The van der Waals surface area contributed by atoms with Gasteiger partial charge in [0.2, 0.25) is 0 Å². The number of nitrogens with one attached hydrogen (secondary N) is 2. The van der Waals surface area contributed by atoms with E-state index in [1.165, 1.54) is 12.1 Å². The number of aryl methyl sites for hydroxylation is 1. The number of nitrogens with zero attached hydrogens (tertiary/aromatic N) is 2. The van der Waals surface area contributed by atoms with Crippen LogP contribution in [0.3, 0.4) is 0 Å². The first kappa shape index (κ1) is 19.4. The van der Waals surface area contributed by atoms with E-state index >= 15 is 0 Å². The molecule has 0 bridgehead atoms. The molecule has 0 unspecified atom stereocenters. The summed E-state index contributed by atoms with van der Waals surface area (Å²) in [6.45, 7) is 5.74. The Hall–Kier alpha value is -3.35. The zero-order valence-corrected chi connectivity index (χ0v) is 15.8. The van der Waals surface area contributed by atoms with E-state index in [1.54, 1.807) is 6.92 Å². The van der Waals surface area contributed by atoms with Crippen LogP contribution in [0.5, 0.6) is 0 Å². The number of carbonyl (C=O) groups is 1. The minimum Gasteiger partial charge on any atom is -0.340 e. The van der Waals surface area contributed by atoms with Crippen LogP contribution >= 0.6 is 0 Å². The number of benzene rings is 2. The average molecular weight is 382 g/mol. The Kier molecular flexibility index (Phi) is 5.63. The molecular weight excluding hydrogens is 362 g/mol. The molecule has 0 spiro atoms. The predicted molar refractivity (Wildman–Crippen MR) is 105 cm³/mol. The standard InChI is InChI=1S/C21H20F2N4O/c1-12(2)15-6-4-5-7-18(15)27-21(28)19-11-20(25-13(3)24-19)26-14-8-9-16(22)17(23)10-14/h4-12H,1-3H3,(H,27,28)(H,24,25,26). The van der Waals surface area contributed by atoms with Crippen molar-refractivity contribution in [3.05, 3.63) is 77.2 Å². The molecule has 0 radical (unpaired) electrons. The highest BCUT2D eigenvalue weighted by molar-refractivity contribution is 6.03. The molecule has 0 atom stereocenters. The van der Waals surface area contributed by atoms with E-state index in [0.717, 1.165) is 17.7 Å². The number of hydrogen-bond acceptors (Lipinski definition) is 4. The van der Waals surface area contributed by atoms with Crippen LogP contribution in [0.25, 0.3) is 0 Å². The lowest BCUT2D eigenvalue weighted by Crippen LogP contribution is -2.16. The highest BCUT2D eigenvalue weighted by atomic mass is 19.2. The first-order chi connectivity index (χ1) is 13.3. The lowest BCUT2D eigenvalue weighted by Gasteiger charge is -2.14. The molecule has 0 fully saturated rings. The Labute approximate surface area is 161 Å². The fraction of sp³-hybridized carbons (Fsp3) is 0.190. The van der Waals surface area contributed by atoms with Gasteiger partial charge >= 0.3 is 0 Å². The van der Waals surface area contributed by atoms with Crippen LogP contribution in [0.1, 0.15) is 41.6 Å². The summed E-state index contributed by atoms with van der Waals surface area (Å²) in [5, 5.41) is 5.74. The smallest absolute Gasteiger partial charge is 0.274 e. The van der Waals surface area contributed by atoms with Crippen LogP contribution in [0.2, 0.25) is 0 Å². The summed E-state index contributed by atoms with van der Waals surface area (Å²) < 4.78 is 26.5. The van der Waals surface area contributed by atoms with Crippen molar-refractivity contribution in [2.24, 2.45) is 0 Å². The van der Waals surface area contributed by atoms with Gasteiger partial charge in [0.1, 0.15) is 17.3 Å². The van der Waals surface area contributed by atoms with E-state index in [1.807, 2.05) is 38.1 Å². The van der Waals surface area contributed by atoms with Crippen LogP contribution in [0.15, 0.2) is 48.5 Å². The highest BCUT2D eigenvalue weighted by Gasteiger charge is 2.14. The van der Waals surface area contributed by atoms with Gasteiger partial charge in [-0.3, -0.25) is 4.79 Å². The first-order valence-corrected chi connectivity index (χ1v) is 8.81. The minimum atomic E-state index is -0.973. The van der Waals surface area contributed by atoms with Gasteiger partial charge in [0.05, 0.1) is 0 Å². The molecule has 1 heterocycles. The monoisotopic (exact) mass is 382 g/mol. The molecule has 0 aliphatic carbocycles. The summed E-state index contributed by atoms with van der Waals surface area (Å²) >= 11 is 0. The van der Waals surface area contributed by atoms with Crippen LogP contribution in [-0.2, 0) is 0 Å². The van der Waals surface area contributed by atoms with Crippen molar-refractivity contribution in [2.45, 2.75) is 26.7 Å². The molecule has 5 nitrogen and oxygen atoms in total. The average Bonchev–Trinajstić information content (AvgIpc) is 2.64. The number of carbonyl (C=O) groups excluding carboxylic acids is 1.